The highest BCUT2D eigenvalue weighted by atomic mass is 32.1. The molecule has 0 radical (unpaired) electrons. The molecule has 8 heteroatoms. The second-order valence-corrected chi connectivity index (χ2v) is 7.09. The van der Waals surface area contributed by atoms with Gasteiger partial charge in [-0.15, -0.1) is 0 Å². The number of amides is 1. The maximum absolute atomic E-state index is 13.4. The number of fused-ring (bicyclic) bond motifs is 1. The lowest BCUT2D eigenvalue weighted by atomic mass is 10.1. The van der Waals surface area contributed by atoms with Gasteiger partial charge in [0.1, 0.15) is 0 Å². The highest BCUT2D eigenvalue weighted by Gasteiger charge is 2.24. The zero-order valence-corrected chi connectivity index (χ0v) is 15.5. The van der Waals surface area contributed by atoms with Crippen LogP contribution >= 0.6 is 11.3 Å². The van der Waals surface area contributed by atoms with Gasteiger partial charge in [-0.1, -0.05) is 52.4 Å². The van der Waals surface area contributed by atoms with Crippen molar-refractivity contribution in [3.8, 4) is 0 Å². The van der Waals surface area contributed by atoms with E-state index in [1.165, 1.54) is 24.4 Å². The van der Waals surface area contributed by atoms with Gasteiger partial charge in [0.25, 0.3) is 11.8 Å². The minimum Gasteiger partial charge on any atom is -0.386 e. The maximum atomic E-state index is 13.4. The number of aromatic nitrogens is 1. The van der Waals surface area contributed by atoms with Gasteiger partial charge in [0.15, 0.2) is 11.7 Å². The molecule has 0 unspecified atom stereocenters. The Morgan fingerprint density at radius 1 is 1.33 bits per heavy atom. The number of hydrogen-bond donors (Lipinski definition) is 1. The maximum Gasteiger partial charge on any atom is 0.270 e. The Kier molecular flexibility index (Phi) is 5.46. The van der Waals surface area contributed by atoms with E-state index in [4.69, 9.17) is 4.84 Å². The van der Waals surface area contributed by atoms with Crippen molar-refractivity contribution in [3.05, 3.63) is 59.2 Å². The molecule has 1 amide bonds. The summed E-state index contributed by atoms with van der Waals surface area (Å²) >= 11 is 1.12. The highest BCUT2D eigenvalue weighted by Crippen LogP contribution is 2.33. The fourth-order valence-corrected chi connectivity index (χ4v) is 3.27. The van der Waals surface area contributed by atoms with Gasteiger partial charge in [-0.2, -0.15) is 0 Å². The van der Waals surface area contributed by atoms with Gasteiger partial charge in [0.05, 0.1) is 16.4 Å². The van der Waals surface area contributed by atoms with Crippen LogP contribution in [0.5, 0.6) is 0 Å². The number of aryl methyl sites for hydroxylation is 1. The number of alkyl halides is 2. The van der Waals surface area contributed by atoms with Gasteiger partial charge in [0.2, 0.25) is 0 Å². The lowest BCUT2D eigenvalue weighted by Crippen LogP contribution is -2.16. The van der Waals surface area contributed by atoms with E-state index in [0.29, 0.717) is 15.3 Å². The molecule has 5 nitrogen and oxygen atoms in total. The van der Waals surface area contributed by atoms with Crippen LogP contribution in [0.2, 0.25) is 0 Å². The average molecular weight is 389 g/mol. The molecule has 0 spiro atoms. The van der Waals surface area contributed by atoms with Crippen LogP contribution in [0.15, 0.2) is 47.6 Å². The average Bonchev–Trinajstić information content (AvgIpc) is 2.99. The highest BCUT2D eigenvalue weighted by molar-refractivity contribution is 7.22. The van der Waals surface area contributed by atoms with Crippen molar-refractivity contribution < 1.29 is 18.4 Å². The summed E-state index contributed by atoms with van der Waals surface area (Å²) in [5.41, 5.74) is 2.41. The van der Waals surface area contributed by atoms with Crippen molar-refractivity contribution in [2.45, 2.75) is 19.8 Å². The van der Waals surface area contributed by atoms with Crippen LogP contribution in [0.25, 0.3) is 10.2 Å². The van der Waals surface area contributed by atoms with Crippen LogP contribution in [0.3, 0.4) is 0 Å². The molecule has 0 aliphatic rings. The normalized spacial score (nSPS) is 11.9. The number of hydrogen-bond acceptors (Lipinski definition) is 5. The minimum atomic E-state index is -2.93. The Labute approximate surface area is 158 Å². The first-order valence-corrected chi connectivity index (χ1v) is 8.94. The van der Waals surface area contributed by atoms with Crippen molar-refractivity contribution >= 4 is 38.8 Å². The first-order chi connectivity index (χ1) is 12.8. The molecule has 2 aromatic carbocycles. The number of nitrogens with one attached hydrogen (secondary N) is 1. The third-order valence-corrected chi connectivity index (χ3v) is 4.59. The zero-order valence-electron chi connectivity index (χ0n) is 14.7. The SMILES string of the molecule is Cc1cccc(/C=N/OCC(=O)Nc2nc3ccc(C(C)(F)F)cc3s2)c1. The largest absolute Gasteiger partial charge is 0.386 e. The van der Waals surface area contributed by atoms with Crippen molar-refractivity contribution in [3.63, 3.8) is 0 Å². The van der Waals surface area contributed by atoms with Gasteiger partial charge >= 0.3 is 0 Å². The molecule has 0 bridgehead atoms. The first kappa shape index (κ1) is 18.9. The van der Waals surface area contributed by atoms with E-state index in [9.17, 15) is 13.6 Å². The number of benzene rings is 2. The topological polar surface area (TPSA) is 63.6 Å². The number of rotatable bonds is 6. The smallest absolute Gasteiger partial charge is 0.270 e. The summed E-state index contributed by atoms with van der Waals surface area (Å²) in [7, 11) is 0. The minimum absolute atomic E-state index is 0.0923. The quantitative estimate of drug-likeness (QED) is 0.491. The van der Waals surface area contributed by atoms with Crippen LogP contribution in [-0.2, 0) is 15.6 Å². The van der Waals surface area contributed by atoms with Gasteiger partial charge < -0.3 is 4.84 Å². The van der Waals surface area contributed by atoms with Crippen LogP contribution in [0.1, 0.15) is 23.6 Å². The number of thiazole rings is 1. The number of oxime groups is 1. The fraction of sp³-hybridized carbons (Fsp3) is 0.211. The van der Waals surface area contributed by atoms with Gasteiger partial charge in [-0.05, 0) is 24.6 Å². The number of nitrogens with zero attached hydrogens (tertiary/aromatic N) is 2. The third-order valence-electron chi connectivity index (χ3n) is 3.66. The van der Waals surface area contributed by atoms with Crippen LogP contribution < -0.4 is 5.32 Å². The molecule has 140 valence electrons. The Balaban J connectivity index is 1.57. The summed E-state index contributed by atoms with van der Waals surface area (Å²) in [6.07, 6.45) is 1.52. The van der Waals surface area contributed by atoms with Gasteiger partial charge in [-0.25, -0.2) is 13.8 Å². The molecule has 27 heavy (non-hydrogen) atoms. The Morgan fingerprint density at radius 3 is 2.89 bits per heavy atom. The first-order valence-electron chi connectivity index (χ1n) is 8.12. The monoisotopic (exact) mass is 389 g/mol. The molecule has 0 aliphatic carbocycles. The van der Waals surface area contributed by atoms with Crippen LogP contribution in [0.4, 0.5) is 13.9 Å². The molecular formula is C19H17F2N3O2S. The van der Waals surface area contributed by atoms with E-state index < -0.39 is 11.8 Å². The van der Waals surface area contributed by atoms with E-state index in [0.717, 1.165) is 29.4 Å². The molecule has 3 aromatic rings. The molecular weight excluding hydrogens is 372 g/mol. The Bertz CT molecular complexity index is 996. The molecule has 0 aliphatic heterocycles. The van der Waals surface area contributed by atoms with E-state index in [-0.39, 0.29) is 12.2 Å². The number of anilines is 1. The summed E-state index contributed by atoms with van der Waals surface area (Å²) in [5, 5.41) is 6.66. The van der Waals surface area contributed by atoms with Gasteiger partial charge in [-0.3, -0.25) is 10.1 Å². The lowest BCUT2D eigenvalue weighted by Gasteiger charge is -2.09. The molecule has 0 saturated heterocycles. The lowest BCUT2D eigenvalue weighted by molar-refractivity contribution is -0.120. The molecule has 0 saturated carbocycles. The number of carbonyl (C=O) groups is 1. The summed E-state index contributed by atoms with van der Waals surface area (Å²) in [6, 6.07) is 11.9. The Hall–Kier alpha value is -2.87. The van der Waals surface area contributed by atoms with Crippen molar-refractivity contribution in [1.29, 1.82) is 0 Å². The van der Waals surface area contributed by atoms with E-state index in [1.54, 1.807) is 0 Å². The summed E-state index contributed by atoms with van der Waals surface area (Å²) in [6.45, 7) is 2.53. The fourth-order valence-electron chi connectivity index (χ4n) is 2.35. The standard InChI is InChI=1S/C19H17F2N3O2S/c1-12-4-3-5-13(8-12)10-22-26-11-17(25)24-18-23-15-7-6-14(19(2,20)21)9-16(15)27-18/h3-10H,11H2,1-2H3,(H,23,24,25)/b22-10+. The van der Waals surface area contributed by atoms with Crippen LogP contribution in [0, 0.1) is 6.92 Å². The molecule has 0 atom stereocenters. The predicted molar refractivity (Wildman–Crippen MR) is 103 cm³/mol. The van der Waals surface area contributed by atoms with Crippen molar-refractivity contribution in [1.82, 2.24) is 4.98 Å². The predicted octanol–water partition coefficient (Wildman–Crippen LogP) is 4.71. The molecule has 0 fully saturated rings. The summed E-state index contributed by atoms with van der Waals surface area (Å²) in [4.78, 5) is 21.1. The van der Waals surface area contributed by atoms with E-state index >= 15 is 0 Å². The summed E-state index contributed by atoms with van der Waals surface area (Å²) in [5.74, 6) is -3.36. The molecule has 1 heterocycles. The van der Waals surface area contributed by atoms with Crippen molar-refractivity contribution in [2.24, 2.45) is 5.16 Å². The third kappa shape index (κ3) is 5.07. The van der Waals surface area contributed by atoms with Crippen LogP contribution in [-0.4, -0.2) is 23.7 Å². The number of carbonyl (C=O) groups excluding carboxylic acids is 1. The van der Waals surface area contributed by atoms with Crippen molar-refractivity contribution in [2.75, 3.05) is 11.9 Å². The van der Waals surface area contributed by atoms with E-state index in [1.807, 2.05) is 31.2 Å². The second kappa shape index (κ2) is 7.79. The second-order valence-electron chi connectivity index (χ2n) is 6.06. The number of halogens is 2. The molecule has 1 N–H and O–H groups in total. The zero-order chi connectivity index (χ0) is 19.4. The van der Waals surface area contributed by atoms with E-state index in [2.05, 4.69) is 15.5 Å². The molecule has 1 aromatic heterocycles. The molecule has 3 rings (SSSR count). The van der Waals surface area contributed by atoms with Gasteiger partial charge in [0, 0.05) is 12.5 Å². The Morgan fingerprint density at radius 2 is 2.15 bits per heavy atom. The summed E-state index contributed by atoms with van der Waals surface area (Å²) < 4.78 is 27.4.